The minimum Gasteiger partial charge on any atom is -0.661 e. The number of hydrogen-bond donors (Lipinski definition) is 0. The maximum absolute atomic E-state index is 4.62. The summed E-state index contributed by atoms with van der Waals surface area (Å²) in [6.07, 6.45) is 1.06. The molecule has 0 unspecified atom stereocenters. The van der Waals surface area contributed by atoms with Crippen molar-refractivity contribution in [1.29, 1.82) is 0 Å². The molecule has 0 atom stereocenters. The number of nitrogens with zero attached hydrogens (tertiary/aromatic N) is 1. The third-order valence-corrected chi connectivity index (χ3v) is 2.38. The van der Waals surface area contributed by atoms with Crippen LogP contribution in [0.1, 0.15) is 19.5 Å². The molecule has 1 heterocycles. The van der Waals surface area contributed by atoms with Crippen LogP contribution >= 0.6 is 0 Å². The average Bonchev–Trinajstić information content (AvgIpc) is 2.67. The summed E-state index contributed by atoms with van der Waals surface area (Å²) in [5, 5.41) is 0. The first kappa shape index (κ1) is 14.2. The van der Waals surface area contributed by atoms with Gasteiger partial charge in [-0.25, -0.2) is 0 Å². The molecular weight excluding hydrogens is 221 g/mol. The molecule has 16 heavy (non-hydrogen) atoms. The molecule has 0 aliphatic heterocycles. The fourth-order valence-corrected chi connectivity index (χ4v) is 1.71. The van der Waals surface area contributed by atoms with Gasteiger partial charge in [-0.2, -0.15) is 5.69 Å². The van der Waals surface area contributed by atoms with Gasteiger partial charge in [-0.1, -0.05) is 56.3 Å². The van der Waals surface area contributed by atoms with Crippen LogP contribution in [0.4, 0.5) is 0 Å². The van der Waals surface area contributed by atoms with Gasteiger partial charge < -0.3 is 4.98 Å². The van der Waals surface area contributed by atoms with Crippen molar-refractivity contribution in [3.05, 3.63) is 48.2 Å². The van der Waals surface area contributed by atoms with Crippen LogP contribution in [0.25, 0.3) is 11.3 Å². The van der Waals surface area contributed by atoms with E-state index in [1.54, 1.807) is 0 Å². The van der Waals surface area contributed by atoms with E-state index < -0.39 is 0 Å². The maximum Gasteiger partial charge on any atom is 1.00 e. The molecule has 0 N–H and O–H groups in total. The Bertz CT molecular complexity index is 417. The normalized spacial score (nSPS) is 10.2. The van der Waals surface area contributed by atoms with Gasteiger partial charge in [0.15, 0.2) is 0 Å². The standard InChI is InChI=1S/C14H16N.K/c1-11(2)10-13-8-9-14(15-13)12-6-4-3-5-7-12;/h3-9,11H,10H2,1-2H3;/q-1;+1. The third kappa shape index (κ3) is 3.86. The maximum atomic E-state index is 4.62. The molecule has 0 bridgehead atoms. The minimum absolute atomic E-state index is 0. The smallest absolute Gasteiger partial charge is 0.661 e. The first-order chi connectivity index (χ1) is 7.25. The summed E-state index contributed by atoms with van der Waals surface area (Å²) in [7, 11) is 0. The van der Waals surface area contributed by atoms with Gasteiger partial charge in [0.25, 0.3) is 0 Å². The van der Waals surface area contributed by atoms with Gasteiger partial charge in [0.2, 0.25) is 0 Å². The van der Waals surface area contributed by atoms with E-state index in [0.29, 0.717) is 5.92 Å². The van der Waals surface area contributed by atoms with E-state index in [9.17, 15) is 0 Å². The summed E-state index contributed by atoms with van der Waals surface area (Å²) >= 11 is 0. The van der Waals surface area contributed by atoms with E-state index in [4.69, 9.17) is 0 Å². The SMILES string of the molecule is CC(C)Cc1ccc(-c2ccccc2)[n-]1.[K+]. The molecule has 0 saturated carbocycles. The summed E-state index contributed by atoms with van der Waals surface area (Å²) < 4.78 is 0. The number of rotatable bonds is 3. The van der Waals surface area contributed by atoms with Crippen LogP contribution in [0.15, 0.2) is 42.5 Å². The van der Waals surface area contributed by atoms with Crippen molar-refractivity contribution >= 4 is 0 Å². The quantitative estimate of drug-likeness (QED) is 0.710. The monoisotopic (exact) mass is 237 g/mol. The van der Waals surface area contributed by atoms with Crippen LogP contribution in [0, 0.1) is 5.92 Å². The van der Waals surface area contributed by atoms with Gasteiger partial charge in [-0.15, -0.1) is 5.69 Å². The van der Waals surface area contributed by atoms with E-state index in [1.807, 2.05) is 18.2 Å². The van der Waals surface area contributed by atoms with Crippen LogP contribution < -0.4 is 56.4 Å². The third-order valence-electron chi connectivity index (χ3n) is 2.38. The summed E-state index contributed by atoms with van der Waals surface area (Å²) in [5.41, 5.74) is 3.49. The molecule has 0 amide bonds. The Hall–Kier alpha value is 0.136. The summed E-state index contributed by atoms with van der Waals surface area (Å²) in [6.45, 7) is 4.44. The number of hydrogen-bond acceptors (Lipinski definition) is 0. The fraction of sp³-hybridized carbons (Fsp3) is 0.286. The van der Waals surface area contributed by atoms with E-state index in [-0.39, 0.29) is 51.4 Å². The predicted octanol–water partition coefficient (Wildman–Crippen LogP) is 0.513. The zero-order chi connectivity index (χ0) is 10.7. The summed E-state index contributed by atoms with van der Waals surface area (Å²) in [5.74, 6) is 0.670. The summed E-state index contributed by atoms with van der Waals surface area (Å²) in [4.78, 5) is 4.62. The molecule has 0 spiro atoms. The van der Waals surface area contributed by atoms with Crippen molar-refractivity contribution in [3.63, 3.8) is 0 Å². The van der Waals surface area contributed by atoms with Crippen LogP contribution in [-0.2, 0) is 6.42 Å². The van der Waals surface area contributed by atoms with Crippen LogP contribution in [0.2, 0.25) is 0 Å². The Kier molecular flexibility index (Phi) is 6.01. The Morgan fingerprint density at radius 1 is 1.00 bits per heavy atom. The molecule has 0 saturated heterocycles. The van der Waals surface area contributed by atoms with E-state index in [1.165, 1.54) is 11.3 Å². The van der Waals surface area contributed by atoms with Gasteiger partial charge >= 0.3 is 51.4 Å². The molecule has 2 heteroatoms. The van der Waals surface area contributed by atoms with Crippen molar-refractivity contribution in [2.75, 3.05) is 0 Å². The molecule has 0 aliphatic rings. The molecule has 2 aromatic rings. The van der Waals surface area contributed by atoms with E-state index in [0.717, 1.165) is 12.1 Å². The van der Waals surface area contributed by atoms with Gasteiger partial charge in [0.1, 0.15) is 0 Å². The predicted molar refractivity (Wildman–Crippen MR) is 63.7 cm³/mol. The van der Waals surface area contributed by atoms with Crippen molar-refractivity contribution in [3.8, 4) is 11.3 Å². The molecular formula is C14H16KN. The molecule has 0 radical (unpaired) electrons. The zero-order valence-electron chi connectivity index (χ0n) is 10.3. The Labute approximate surface area is 140 Å². The Morgan fingerprint density at radius 2 is 1.69 bits per heavy atom. The molecule has 0 fully saturated rings. The van der Waals surface area contributed by atoms with Crippen LogP contribution in [0.5, 0.6) is 0 Å². The molecule has 1 aromatic carbocycles. The Morgan fingerprint density at radius 3 is 2.31 bits per heavy atom. The van der Waals surface area contributed by atoms with Gasteiger partial charge in [0.05, 0.1) is 0 Å². The second kappa shape index (κ2) is 6.77. The first-order valence-electron chi connectivity index (χ1n) is 5.44. The van der Waals surface area contributed by atoms with Gasteiger partial charge in [-0.05, 0) is 17.9 Å². The molecule has 2 rings (SSSR count). The zero-order valence-corrected chi connectivity index (χ0v) is 13.4. The van der Waals surface area contributed by atoms with Crippen molar-refractivity contribution < 1.29 is 51.4 Å². The van der Waals surface area contributed by atoms with E-state index >= 15 is 0 Å². The number of aromatic nitrogens is 1. The molecule has 78 valence electrons. The summed E-state index contributed by atoms with van der Waals surface area (Å²) in [6, 6.07) is 14.6. The van der Waals surface area contributed by atoms with Crippen molar-refractivity contribution in [1.82, 2.24) is 4.98 Å². The van der Waals surface area contributed by atoms with Gasteiger partial charge in [0, 0.05) is 0 Å². The van der Waals surface area contributed by atoms with Crippen LogP contribution in [0.3, 0.4) is 0 Å². The van der Waals surface area contributed by atoms with E-state index in [2.05, 4.69) is 43.1 Å². The topological polar surface area (TPSA) is 14.1 Å². The van der Waals surface area contributed by atoms with Gasteiger partial charge in [-0.3, -0.25) is 0 Å². The molecule has 1 aromatic heterocycles. The van der Waals surface area contributed by atoms with Crippen molar-refractivity contribution in [2.45, 2.75) is 20.3 Å². The molecule has 1 nitrogen and oxygen atoms in total. The second-order valence-electron chi connectivity index (χ2n) is 4.29. The van der Waals surface area contributed by atoms with Crippen LogP contribution in [-0.4, -0.2) is 0 Å². The fourth-order valence-electron chi connectivity index (χ4n) is 1.71. The Balaban J connectivity index is 0.00000128. The minimum atomic E-state index is 0. The van der Waals surface area contributed by atoms with Crippen molar-refractivity contribution in [2.24, 2.45) is 5.92 Å². The second-order valence-corrected chi connectivity index (χ2v) is 4.29. The first-order valence-corrected chi connectivity index (χ1v) is 5.44. The average molecular weight is 237 g/mol. The molecule has 0 aliphatic carbocycles. The number of benzene rings is 1. The largest absolute Gasteiger partial charge is 1.00 e.